The summed E-state index contributed by atoms with van der Waals surface area (Å²) in [6.07, 6.45) is 5.13. The second-order valence-corrected chi connectivity index (χ2v) is 4.91. The Balaban J connectivity index is 2.28. The van der Waals surface area contributed by atoms with Crippen molar-refractivity contribution in [2.45, 2.75) is 39.0 Å². The van der Waals surface area contributed by atoms with Crippen LogP contribution in [0, 0.1) is 11.6 Å². The third kappa shape index (κ3) is 6.20. The SMILES string of the molecule is CCCCCCCOC(=O)CNC(=O)c1c(F)cccc1F. The van der Waals surface area contributed by atoms with Crippen molar-refractivity contribution in [1.29, 1.82) is 0 Å². The number of esters is 1. The van der Waals surface area contributed by atoms with Crippen LogP contribution in [0.4, 0.5) is 8.78 Å². The molecule has 0 aliphatic carbocycles. The number of rotatable bonds is 9. The average molecular weight is 313 g/mol. The predicted octanol–water partition coefficient (Wildman–Crippen LogP) is 3.21. The number of hydrogen-bond acceptors (Lipinski definition) is 3. The Hall–Kier alpha value is -1.98. The molecule has 0 heterocycles. The fourth-order valence-electron chi connectivity index (χ4n) is 1.90. The van der Waals surface area contributed by atoms with Crippen molar-refractivity contribution < 1.29 is 23.1 Å². The highest BCUT2D eigenvalue weighted by Gasteiger charge is 2.17. The summed E-state index contributed by atoms with van der Waals surface area (Å²) in [5.74, 6) is -3.54. The molecule has 1 amide bonds. The van der Waals surface area contributed by atoms with E-state index in [2.05, 4.69) is 12.2 Å². The molecule has 122 valence electrons. The summed E-state index contributed by atoms with van der Waals surface area (Å²) in [6.45, 7) is 1.98. The zero-order chi connectivity index (χ0) is 16.4. The van der Waals surface area contributed by atoms with Crippen molar-refractivity contribution >= 4 is 11.9 Å². The summed E-state index contributed by atoms with van der Waals surface area (Å²) >= 11 is 0. The number of carbonyl (C=O) groups is 2. The Kier molecular flexibility index (Phi) is 8.10. The molecule has 0 atom stereocenters. The summed E-state index contributed by atoms with van der Waals surface area (Å²) in [5.41, 5.74) is -0.699. The fraction of sp³-hybridized carbons (Fsp3) is 0.500. The second-order valence-electron chi connectivity index (χ2n) is 4.91. The average Bonchev–Trinajstić information content (AvgIpc) is 2.48. The first-order chi connectivity index (χ1) is 10.6. The van der Waals surface area contributed by atoms with Crippen LogP contribution in [0.15, 0.2) is 18.2 Å². The number of halogens is 2. The Bertz CT molecular complexity index is 486. The summed E-state index contributed by atoms with van der Waals surface area (Å²) < 4.78 is 31.6. The zero-order valence-electron chi connectivity index (χ0n) is 12.7. The van der Waals surface area contributed by atoms with Gasteiger partial charge in [0, 0.05) is 0 Å². The van der Waals surface area contributed by atoms with Gasteiger partial charge in [-0.2, -0.15) is 0 Å². The molecule has 0 unspecified atom stereocenters. The van der Waals surface area contributed by atoms with Crippen LogP contribution in [0.5, 0.6) is 0 Å². The minimum atomic E-state index is -0.976. The lowest BCUT2D eigenvalue weighted by Crippen LogP contribution is -2.32. The van der Waals surface area contributed by atoms with Crippen LogP contribution in [0.1, 0.15) is 49.4 Å². The van der Waals surface area contributed by atoms with E-state index in [0.717, 1.165) is 50.3 Å². The lowest BCUT2D eigenvalue weighted by molar-refractivity contribution is -0.142. The molecule has 1 aromatic rings. The Morgan fingerprint density at radius 1 is 1.09 bits per heavy atom. The van der Waals surface area contributed by atoms with Crippen LogP contribution < -0.4 is 5.32 Å². The van der Waals surface area contributed by atoms with Crippen LogP contribution in [0.25, 0.3) is 0 Å². The van der Waals surface area contributed by atoms with Gasteiger partial charge in [-0.15, -0.1) is 0 Å². The van der Waals surface area contributed by atoms with Crippen molar-refractivity contribution in [3.05, 3.63) is 35.4 Å². The molecule has 4 nitrogen and oxygen atoms in total. The number of unbranched alkanes of at least 4 members (excludes halogenated alkanes) is 4. The van der Waals surface area contributed by atoms with Gasteiger partial charge in [-0.25, -0.2) is 8.78 Å². The van der Waals surface area contributed by atoms with Gasteiger partial charge in [0.1, 0.15) is 23.7 Å². The molecule has 1 N–H and O–H groups in total. The lowest BCUT2D eigenvalue weighted by atomic mass is 10.2. The first-order valence-corrected chi connectivity index (χ1v) is 7.44. The third-order valence-electron chi connectivity index (χ3n) is 3.09. The highest BCUT2D eigenvalue weighted by molar-refractivity contribution is 5.96. The normalized spacial score (nSPS) is 10.3. The molecule has 0 bridgehead atoms. The molecule has 0 radical (unpaired) electrons. The van der Waals surface area contributed by atoms with Gasteiger partial charge < -0.3 is 10.1 Å². The van der Waals surface area contributed by atoms with Crippen molar-refractivity contribution in [3.63, 3.8) is 0 Å². The summed E-state index contributed by atoms with van der Waals surface area (Å²) in [6, 6.07) is 3.12. The third-order valence-corrected chi connectivity index (χ3v) is 3.09. The molecule has 22 heavy (non-hydrogen) atoms. The maximum Gasteiger partial charge on any atom is 0.325 e. The Morgan fingerprint density at radius 2 is 1.73 bits per heavy atom. The standard InChI is InChI=1S/C16H21F2NO3/c1-2-3-4-5-6-10-22-14(20)11-19-16(21)15-12(17)8-7-9-13(15)18/h7-9H,2-6,10-11H2,1H3,(H,19,21). The lowest BCUT2D eigenvalue weighted by Gasteiger charge is -2.07. The first kappa shape index (κ1) is 18.1. The Morgan fingerprint density at radius 3 is 2.36 bits per heavy atom. The number of ether oxygens (including phenoxy) is 1. The van der Waals surface area contributed by atoms with Crippen LogP contribution in [-0.4, -0.2) is 25.0 Å². The molecule has 1 rings (SSSR count). The Labute approximate surface area is 128 Å². The van der Waals surface area contributed by atoms with Gasteiger partial charge in [0.2, 0.25) is 0 Å². The van der Waals surface area contributed by atoms with Crippen LogP contribution >= 0.6 is 0 Å². The first-order valence-electron chi connectivity index (χ1n) is 7.44. The highest BCUT2D eigenvalue weighted by Crippen LogP contribution is 2.11. The van der Waals surface area contributed by atoms with Gasteiger partial charge in [0.05, 0.1) is 6.61 Å². The van der Waals surface area contributed by atoms with Gasteiger partial charge in [-0.3, -0.25) is 9.59 Å². The summed E-state index contributed by atoms with van der Waals surface area (Å²) in [5, 5.41) is 2.15. The van der Waals surface area contributed by atoms with Gasteiger partial charge in [0.25, 0.3) is 5.91 Å². The number of benzene rings is 1. The van der Waals surface area contributed by atoms with Crippen LogP contribution in [0.3, 0.4) is 0 Å². The summed E-state index contributed by atoms with van der Waals surface area (Å²) in [7, 11) is 0. The largest absolute Gasteiger partial charge is 0.464 e. The van der Waals surface area contributed by atoms with E-state index in [1.807, 2.05) is 0 Å². The molecule has 0 fully saturated rings. The van der Waals surface area contributed by atoms with Crippen molar-refractivity contribution in [1.82, 2.24) is 5.32 Å². The van der Waals surface area contributed by atoms with Crippen LogP contribution in [-0.2, 0) is 9.53 Å². The molecular weight excluding hydrogens is 292 g/mol. The molecule has 0 aromatic heterocycles. The molecule has 0 saturated carbocycles. The van der Waals surface area contributed by atoms with Gasteiger partial charge in [-0.1, -0.05) is 38.7 Å². The number of carbonyl (C=O) groups excluding carboxylic acids is 2. The monoisotopic (exact) mass is 313 g/mol. The van der Waals surface area contributed by atoms with Crippen LogP contribution in [0.2, 0.25) is 0 Å². The maximum atomic E-state index is 13.4. The quantitative estimate of drug-likeness (QED) is 0.562. The van der Waals surface area contributed by atoms with E-state index in [1.54, 1.807) is 0 Å². The molecule has 0 spiro atoms. The van der Waals surface area contributed by atoms with E-state index in [9.17, 15) is 18.4 Å². The van der Waals surface area contributed by atoms with E-state index < -0.39 is 35.6 Å². The predicted molar refractivity (Wildman–Crippen MR) is 78.4 cm³/mol. The summed E-state index contributed by atoms with van der Waals surface area (Å²) in [4.78, 5) is 23.1. The molecular formula is C16H21F2NO3. The van der Waals surface area contributed by atoms with E-state index in [1.165, 1.54) is 0 Å². The molecule has 0 saturated heterocycles. The highest BCUT2D eigenvalue weighted by atomic mass is 19.1. The zero-order valence-corrected chi connectivity index (χ0v) is 12.7. The number of hydrogen-bond donors (Lipinski definition) is 1. The second kappa shape index (κ2) is 9.87. The van der Waals surface area contributed by atoms with Gasteiger partial charge in [-0.05, 0) is 18.6 Å². The van der Waals surface area contributed by atoms with E-state index in [-0.39, 0.29) is 6.61 Å². The van der Waals surface area contributed by atoms with E-state index in [0.29, 0.717) is 0 Å². The van der Waals surface area contributed by atoms with Crippen molar-refractivity contribution in [3.8, 4) is 0 Å². The smallest absolute Gasteiger partial charge is 0.325 e. The topological polar surface area (TPSA) is 55.4 Å². The molecule has 1 aromatic carbocycles. The molecule has 0 aliphatic heterocycles. The number of amides is 1. The maximum absolute atomic E-state index is 13.4. The molecule has 0 aliphatic rings. The van der Waals surface area contributed by atoms with E-state index >= 15 is 0 Å². The van der Waals surface area contributed by atoms with Gasteiger partial charge in [0.15, 0.2) is 0 Å². The fourth-order valence-corrected chi connectivity index (χ4v) is 1.90. The minimum absolute atomic E-state index is 0.284. The minimum Gasteiger partial charge on any atom is -0.464 e. The van der Waals surface area contributed by atoms with E-state index in [4.69, 9.17) is 4.74 Å². The van der Waals surface area contributed by atoms with Crippen molar-refractivity contribution in [2.75, 3.05) is 13.2 Å². The van der Waals surface area contributed by atoms with Crippen molar-refractivity contribution in [2.24, 2.45) is 0 Å². The van der Waals surface area contributed by atoms with Gasteiger partial charge >= 0.3 is 5.97 Å². The molecule has 6 heteroatoms. The number of nitrogens with one attached hydrogen (secondary N) is 1.